The molecular weight excluding hydrogens is 372 g/mol. The summed E-state index contributed by atoms with van der Waals surface area (Å²) >= 11 is 0. The highest BCUT2D eigenvalue weighted by Gasteiger charge is 2.33. The first-order valence-electron chi connectivity index (χ1n) is 9.83. The summed E-state index contributed by atoms with van der Waals surface area (Å²) in [5.74, 6) is -1.93. The maximum absolute atomic E-state index is 12.4. The Kier molecular flexibility index (Phi) is 6.60. The fourth-order valence-corrected chi connectivity index (χ4v) is 3.50. The van der Waals surface area contributed by atoms with Gasteiger partial charge in [-0.15, -0.1) is 0 Å². The van der Waals surface area contributed by atoms with Crippen LogP contribution in [0, 0.1) is 17.2 Å². The van der Waals surface area contributed by atoms with E-state index in [1.54, 1.807) is 19.9 Å². The number of fused-ring (bicyclic) bond motifs is 1. The molecule has 8 nitrogen and oxygen atoms in total. The van der Waals surface area contributed by atoms with Gasteiger partial charge in [0.15, 0.2) is 11.7 Å². The Morgan fingerprint density at radius 1 is 1.21 bits per heavy atom. The van der Waals surface area contributed by atoms with Crippen LogP contribution in [0.1, 0.15) is 38.3 Å². The number of esters is 2. The second-order valence-electron chi connectivity index (χ2n) is 6.77. The molecule has 3 rings (SSSR count). The first kappa shape index (κ1) is 20.5. The van der Waals surface area contributed by atoms with E-state index in [-0.39, 0.29) is 24.2 Å². The van der Waals surface area contributed by atoms with E-state index in [4.69, 9.17) is 14.5 Å². The van der Waals surface area contributed by atoms with Crippen LogP contribution in [-0.2, 0) is 19.1 Å². The lowest BCUT2D eigenvalue weighted by molar-refractivity contribution is -0.148. The van der Waals surface area contributed by atoms with Gasteiger partial charge in [0.1, 0.15) is 5.69 Å². The van der Waals surface area contributed by atoms with Crippen molar-refractivity contribution in [1.82, 2.24) is 9.97 Å². The molecule has 1 saturated heterocycles. The number of benzene rings is 1. The van der Waals surface area contributed by atoms with Crippen LogP contribution < -0.4 is 4.90 Å². The molecule has 8 heteroatoms. The van der Waals surface area contributed by atoms with Crippen LogP contribution in [0.25, 0.3) is 11.0 Å². The molecule has 1 aromatic carbocycles. The van der Waals surface area contributed by atoms with Crippen LogP contribution in [-0.4, -0.2) is 48.2 Å². The topological polar surface area (TPSA) is 105 Å². The van der Waals surface area contributed by atoms with Crippen molar-refractivity contribution < 1.29 is 19.1 Å². The zero-order chi connectivity index (χ0) is 20.8. The SMILES string of the molecule is CCOC(=O)[C@H]1CCCN(c2nc3ccccc3nc2[C@H](C#N)C(=O)OCC)C1. The third-order valence-electron chi connectivity index (χ3n) is 4.84. The molecule has 0 N–H and O–H groups in total. The minimum absolute atomic E-state index is 0.169. The summed E-state index contributed by atoms with van der Waals surface area (Å²) in [6.07, 6.45) is 1.50. The van der Waals surface area contributed by atoms with Gasteiger partial charge in [0.25, 0.3) is 0 Å². The van der Waals surface area contributed by atoms with Crippen molar-refractivity contribution in [3.8, 4) is 6.07 Å². The van der Waals surface area contributed by atoms with Crippen LogP contribution >= 0.6 is 0 Å². The van der Waals surface area contributed by atoms with Crippen LogP contribution in [0.3, 0.4) is 0 Å². The van der Waals surface area contributed by atoms with Crippen molar-refractivity contribution in [2.45, 2.75) is 32.6 Å². The van der Waals surface area contributed by atoms with E-state index in [0.717, 1.165) is 12.8 Å². The molecule has 1 aliphatic rings. The zero-order valence-electron chi connectivity index (χ0n) is 16.6. The maximum Gasteiger partial charge on any atom is 0.329 e. The predicted molar refractivity (Wildman–Crippen MR) is 106 cm³/mol. The quantitative estimate of drug-likeness (QED) is 0.686. The van der Waals surface area contributed by atoms with Gasteiger partial charge in [-0.3, -0.25) is 9.59 Å². The van der Waals surface area contributed by atoms with E-state index in [1.807, 2.05) is 29.2 Å². The second kappa shape index (κ2) is 9.32. The monoisotopic (exact) mass is 396 g/mol. The average molecular weight is 396 g/mol. The molecule has 1 fully saturated rings. The van der Waals surface area contributed by atoms with Crippen molar-refractivity contribution in [3.63, 3.8) is 0 Å². The number of para-hydroxylation sites is 2. The summed E-state index contributed by atoms with van der Waals surface area (Å²) in [6.45, 7) is 5.02. The number of carbonyl (C=O) groups excluding carboxylic acids is 2. The first-order valence-corrected chi connectivity index (χ1v) is 9.83. The highest BCUT2D eigenvalue weighted by atomic mass is 16.5. The van der Waals surface area contributed by atoms with Gasteiger partial charge < -0.3 is 14.4 Å². The summed E-state index contributed by atoms with van der Waals surface area (Å²) in [6, 6.07) is 9.29. The Labute approximate surface area is 169 Å². The zero-order valence-corrected chi connectivity index (χ0v) is 16.6. The smallest absolute Gasteiger partial charge is 0.329 e. The molecule has 0 aliphatic carbocycles. The molecule has 29 heavy (non-hydrogen) atoms. The van der Waals surface area contributed by atoms with Gasteiger partial charge in [0.05, 0.1) is 36.2 Å². The van der Waals surface area contributed by atoms with Crippen LogP contribution in [0.4, 0.5) is 5.82 Å². The number of ether oxygens (including phenoxy) is 2. The average Bonchev–Trinajstić information content (AvgIpc) is 2.74. The molecule has 152 valence electrons. The molecule has 2 heterocycles. The Bertz CT molecular complexity index is 940. The number of carbonyl (C=O) groups is 2. The summed E-state index contributed by atoms with van der Waals surface area (Å²) in [4.78, 5) is 35.9. The van der Waals surface area contributed by atoms with Crippen LogP contribution in [0.5, 0.6) is 0 Å². The van der Waals surface area contributed by atoms with Crippen molar-refractivity contribution in [2.24, 2.45) is 5.92 Å². The summed E-state index contributed by atoms with van der Waals surface area (Å²) in [7, 11) is 0. The number of hydrogen-bond donors (Lipinski definition) is 0. The number of rotatable bonds is 6. The Morgan fingerprint density at radius 2 is 1.90 bits per heavy atom. The van der Waals surface area contributed by atoms with Crippen molar-refractivity contribution in [3.05, 3.63) is 30.0 Å². The summed E-state index contributed by atoms with van der Waals surface area (Å²) in [5, 5.41) is 9.67. The van der Waals surface area contributed by atoms with E-state index in [0.29, 0.717) is 36.5 Å². The van der Waals surface area contributed by atoms with E-state index >= 15 is 0 Å². The van der Waals surface area contributed by atoms with E-state index in [9.17, 15) is 14.9 Å². The van der Waals surface area contributed by atoms with Crippen molar-refractivity contribution in [1.29, 1.82) is 5.26 Å². The number of nitriles is 1. The minimum atomic E-state index is -1.19. The van der Waals surface area contributed by atoms with Gasteiger partial charge in [-0.2, -0.15) is 5.26 Å². The molecule has 0 radical (unpaired) electrons. The molecule has 1 aromatic heterocycles. The summed E-state index contributed by atoms with van der Waals surface area (Å²) in [5.41, 5.74) is 1.51. The third kappa shape index (κ3) is 4.45. The van der Waals surface area contributed by atoms with E-state index in [2.05, 4.69) is 4.98 Å². The molecule has 0 saturated carbocycles. The molecule has 2 aromatic rings. The highest BCUT2D eigenvalue weighted by molar-refractivity contribution is 5.85. The van der Waals surface area contributed by atoms with Gasteiger partial charge in [-0.25, -0.2) is 9.97 Å². The van der Waals surface area contributed by atoms with Gasteiger partial charge in [-0.05, 0) is 38.8 Å². The highest BCUT2D eigenvalue weighted by Crippen LogP contribution is 2.31. The van der Waals surface area contributed by atoms with E-state index in [1.165, 1.54) is 0 Å². The Balaban J connectivity index is 2.04. The number of nitrogens with zero attached hydrogens (tertiary/aromatic N) is 4. The Hall–Kier alpha value is -3.21. The number of hydrogen-bond acceptors (Lipinski definition) is 8. The van der Waals surface area contributed by atoms with Crippen molar-refractivity contribution >= 4 is 28.8 Å². The molecular formula is C21H24N4O4. The van der Waals surface area contributed by atoms with Gasteiger partial charge in [0.2, 0.25) is 0 Å². The standard InChI is InChI=1S/C21H24N4O4/c1-3-28-20(26)14-8-7-11-25(13-14)19-18(15(12-22)21(27)29-4-2)23-16-9-5-6-10-17(16)24-19/h5-6,9-10,14-15H,3-4,7-8,11,13H2,1-2H3/t14-,15-/m0/s1. The summed E-state index contributed by atoms with van der Waals surface area (Å²) < 4.78 is 10.2. The third-order valence-corrected chi connectivity index (χ3v) is 4.84. The van der Waals surface area contributed by atoms with Crippen molar-refractivity contribution in [2.75, 3.05) is 31.2 Å². The first-order chi connectivity index (χ1) is 14.1. The molecule has 0 spiro atoms. The largest absolute Gasteiger partial charge is 0.466 e. The number of piperidine rings is 1. The minimum Gasteiger partial charge on any atom is -0.466 e. The van der Waals surface area contributed by atoms with Gasteiger partial charge in [-0.1, -0.05) is 12.1 Å². The lowest BCUT2D eigenvalue weighted by Gasteiger charge is -2.33. The lowest BCUT2D eigenvalue weighted by Crippen LogP contribution is -2.40. The Morgan fingerprint density at radius 3 is 2.55 bits per heavy atom. The number of anilines is 1. The molecule has 1 aliphatic heterocycles. The fourth-order valence-electron chi connectivity index (χ4n) is 3.50. The number of aromatic nitrogens is 2. The predicted octanol–water partition coefficient (Wildman–Crippen LogP) is 2.58. The molecule has 0 bridgehead atoms. The van der Waals surface area contributed by atoms with Crippen LogP contribution in [0.15, 0.2) is 24.3 Å². The van der Waals surface area contributed by atoms with E-state index < -0.39 is 11.9 Å². The lowest BCUT2D eigenvalue weighted by atomic mass is 9.97. The van der Waals surface area contributed by atoms with Gasteiger partial charge >= 0.3 is 11.9 Å². The molecule has 2 atom stereocenters. The van der Waals surface area contributed by atoms with Gasteiger partial charge in [0, 0.05) is 13.1 Å². The fraction of sp³-hybridized carbons (Fsp3) is 0.476. The maximum atomic E-state index is 12.4. The molecule has 0 unspecified atom stereocenters. The van der Waals surface area contributed by atoms with Crippen LogP contribution in [0.2, 0.25) is 0 Å². The second-order valence-corrected chi connectivity index (χ2v) is 6.77. The molecule has 0 amide bonds. The normalized spacial score (nSPS) is 17.4.